The van der Waals surface area contributed by atoms with Gasteiger partial charge in [-0.1, -0.05) is 49.6 Å². The molecule has 1 heterocycles. The molecule has 1 aromatic carbocycles. The van der Waals surface area contributed by atoms with Gasteiger partial charge in [0.25, 0.3) is 0 Å². The minimum absolute atomic E-state index is 0.0871. The molecular formula is C24H38N2O3. The van der Waals surface area contributed by atoms with Gasteiger partial charge in [0.1, 0.15) is 0 Å². The van der Waals surface area contributed by atoms with Crippen molar-refractivity contribution in [3.63, 3.8) is 0 Å². The Morgan fingerprint density at radius 1 is 1.07 bits per heavy atom. The smallest absolute Gasteiger partial charge is 0.234 e. The monoisotopic (exact) mass is 402 g/mol. The molecule has 5 nitrogen and oxygen atoms in total. The lowest BCUT2D eigenvalue weighted by molar-refractivity contribution is -0.123. The van der Waals surface area contributed by atoms with Gasteiger partial charge in [-0.2, -0.15) is 0 Å². The number of carbonyl (C=O) groups is 1. The fourth-order valence-electron chi connectivity index (χ4n) is 4.32. The molecule has 1 aliphatic carbocycles. The summed E-state index contributed by atoms with van der Waals surface area (Å²) in [6.07, 6.45) is 10.4. The third-order valence-electron chi connectivity index (χ3n) is 6.12. The third kappa shape index (κ3) is 8.07. The fourth-order valence-corrected chi connectivity index (χ4v) is 4.32. The Balaban J connectivity index is 1.21. The van der Waals surface area contributed by atoms with Crippen LogP contribution in [0.5, 0.6) is 0 Å². The third-order valence-corrected chi connectivity index (χ3v) is 6.12. The van der Waals surface area contributed by atoms with Gasteiger partial charge < -0.3 is 14.8 Å². The summed E-state index contributed by atoms with van der Waals surface area (Å²) in [5, 5.41) is 3.03. The maximum atomic E-state index is 12.2. The Hall–Kier alpha value is -1.43. The van der Waals surface area contributed by atoms with E-state index in [1.807, 2.05) is 18.2 Å². The molecule has 2 fully saturated rings. The standard InChI is InChI=1S/C24H38N2O3/c1-20(21-9-4-2-5-10-21)28-18-8-15-25-24(27)19-26-16-13-23(14-17-26)29-22-11-6-3-7-12-22/h2,4-5,9-10,20,22-23H,3,6-8,11-19H2,1H3,(H,25,27). The molecule has 1 amide bonds. The fraction of sp³-hybridized carbons (Fsp3) is 0.708. The summed E-state index contributed by atoms with van der Waals surface area (Å²) in [5.74, 6) is 0.118. The Morgan fingerprint density at radius 3 is 2.48 bits per heavy atom. The van der Waals surface area contributed by atoms with Crippen molar-refractivity contribution in [2.24, 2.45) is 0 Å². The zero-order valence-corrected chi connectivity index (χ0v) is 18.0. The van der Waals surface area contributed by atoms with Crippen LogP contribution < -0.4 is 5.32 Å². The first kappa shape index (κ1) is 22.3. The SMILES string of the molecule is CC(OCCCNC(=O)CN1CCC(OC2CCCCC2)CC1)c1ccccc1. The van der Waals surface area contributed by atoms with Crippen LogP contribution in [0.4, 0.5) is 0 Å². The summed E-state index contributed by atoms with van der Waals surface area (Å²) in [7, 11) is 0. The molecule has 1 aromatic rings. The number of rotatable bonds is 10. The van der Waals surface area contributed by atoms with E-state index in [-0.39, 0.29) is 12.0 Å². The Labute approximate surface area is 176 Å². The van der Waals surface area contributed by atoms with E-state index in [0.717, 1.165) is 32.4 Å². The number of amides is 1. The average molecular weight is 403 g/mol. The van der Waals surface area contributed by atoms with Crippen molar-refractivity contribution >= 4 is 5.91 Å². The Kier molecular flexibility index (Phi) is 9.45. The van der Waals surface area contributed by atoms with Crippen LogP contribution in [0.15, 0.2) is 30.3 Å². The molecule has 3 rings (SSSR count). The zero-order chi connectivity index (χ0) is 20.3. The van der Waals surface area contributed by atoms with Crippen molar-refractivity contribution < 1.29 is 14.3 Å². The summed E-state index contributed by atoms with van der Waals surface area (Å²) in [6.45, 7) is 5.81. The molecule has 1 saturated heterocycles. The van der Waals surface area contributed by atoms with Gasteiger partial charge in [-0.25, -0.2) is 0 Å². The Morgan fingerprint density at radius 2 is 1.76 bits per heavy atom. The van der Waals surface area contributed by atoms with Gasteiger partial charge in [0.2, 0.25) is 5.91 Å². The van der Waals surface area contributed by atoms with Crippen molar-refractivity contribution in [1.29, 1.82) is 0 Å². The van der Waals surface area contributed by atoms with Crippen LogP contribution in [-0.4, -0.2) is 55.8 Å². The van der Waals surface area contributed by atoms with Crippen molar-refractivity contribution in [3.05, 3.63) is 35.9 Å². The molecule has 0 spiro atoms. The van der Waals surface area contributed by atoms with Crippen LogP contribution >= 0.6 is 0 Å². The molecule has 5 heteroatoms. The number of nitrogens with one attached hydrogen (secondary N) is 1. The van der Waals surface area contributed by atoms with Gasteiger partial charge in [0.05, 0.1) is 24.9 Å². The number of nitrogens with zero attached hydrogens (tertiary/aromatic N) is 1. The summed E-state index contributed by atoms with van der Waals surface area (Å²) in [4.78, 5) is 14.5. The second-order valence-corrected chi connectivity index (χ2v) is 8.50. The summed E-state index contributed by atoms with van der Waals surface area (Å²) < 4.78 is 12.1. The van der Waals surface area contributed by atoms with E-state index in [9.17, 15) is 4.79 Å². The average Bonchev–Trinajstić information content (AvgIpc) is 2.76. The molecule has 0 bridgehead atoms. The first-order valence-corrected chi connectivity index (χ1v) is 11.5. The molecule has 1 atom stereocenters. The highest BCUT2D eigenvalue weighted by atomic mass is 16.5. The molecule has 0 aromatic heterocycles. The quantitative estimate of drug-likeness (QED) is 0.599. The van der Waals surface area contributed by atoms with Gasteiger partial charge in [-0.3, -0.25) is 9.69 Å². The van der Waals surface area contributed by atoms with Crippen molar-refractivity contribution in [2.45, 2.75) is 76.6 Å². The maximum Gasteiger partial charge on any atom is 0.234 e. The molecule has 1 aliphatic heterocycles. The van der Waals surface area contributed by atoms with E-state index >= 15 is 0 Å². The summed E-state index contributed by atoms with van der Waals surface area (Å²) >= 11 is 0. The molecular weight excluding hydrogens is 364 g/mol. The first-order valence-electron chi connectivity index (χ1n) is 11.5. The van der Waals surface area contributed by atoms with Gasteiger partial charge in [-0.15, -0.1) is 0 Å². The predicted octanol–water partition coefficient (Wildman–Crippen LogP) is 4.08. The summed E-state index contributed by atoms with van der Waals surface area (Å²) in [5.41, 5.74) is 1.19. The molecule has 1 unspecified atom stereocenters. The topological polar surface area (TPSA) is 50.8 Å². The molecule has 29 heavy (non-hydrogen) atoms. The normalized spacial score (nSPS) is 20.4. The maximum absolute atomic E-state index is 12.2. The highest BCUT2D eigenvalue weighted by Crippen LogP contribution is 2.24. The number of hydrogen-bond acceptors (Lipinski definition) is 4. The lowest BCUT2D eigenvalue weighted by Crippen LogP contribution is -2.44. The molecule has 162 valence electrons. The van der Waals surface area contributed by atoms with Gasteiger partial charge in [0, 0.05) is 26.2 Å². The molecule has 1 N–H and O–H groups in total. The highest BCUT2D eigenvalue weighted by molar-refractivity contribution is 5.77. The van der Waals surface area contributed by atoms with Crippen molar-refractivity contribution in [1.82, 2.24) is 10.2 Å². The lowest BCUT2D eigenvalue weighted by Gasteiger charge is -2.34. The van der Waals surface area contributed by atoms with E-state index in [0.29, 0.717) is 31.9 Å². The number of carbonyl (C=O) groups excluding carboxylic acids is 1. The zero-order valence-electron chi connectivity index (χ0n) is 18.0. The molecule has 2 aliphatic rings. The number of likely N-dealkylation sites (tertiary alicyclic amines) is 1. The number of piperidine rings is 1. The number of hydrogen-bond donors (Lipinski definition) is 1. The van der Waals surface area contributed by atoms with Crippen LogP contribution in [0.2, 0.25) is 0 Å². The predicted molar refractivity (Wildman–Crippen MR) is 116 cm³/mol. The number of ether oxygens (including phenoxy) is 2. The first-order chi connectivity index (χ1) is 14.2. The highest BCUT2D eigenvalue weighted by Gasteiger charge is 2.24. The van der Waals surface area contributed by atoms with Crippen LogP contribution in [-0.2, 0) is 14.3 Å². The van der Waals surface area contributed by atoms with E-state index in [4.69, 9.17) is 9.47 Å². The molecule has 0 radical (unpaired) electrons. The minimum atomic E-state index is 0.0871. The second-order valence-electron chi connectivity index (χ2n) is 8.50. The van der Waals surface area contributed by atoms with E-state index in [2.05, 4.69) is 29.3 Å². The van der Waals surface area contributed by atoms with Crippen LogP contribution in [0, 0.1) is 0 Å². The van der Waals surface area contributed by atoms with Crippen molar-refractivity contribution in [3.8, 4) is 0 Å². The second kappa shape index (κ2) is 12.3. The summed E-state index contributed by atoms with van der Waals surface area (Å²) in [6, 6.07) is 10.2. The largest absolute Gasteiger partial charge is 0.375 e. The molecule has 1 saturated carbocycles. The van der Waals surface area contributed by atoms with Gasteiger partial charge in [-0.05, 0) is 44.6 Å². The minimum Gasteiger partial charge on any atom is -0.375 e. The van der Waals surface area contributed by atoms with Crippen LogP contribution in [0.3, 0.4) is 0 Å². The van der Waals surface area contributed by atoms with Gasteiger partial charge >= 0.3 is 0 Å². The van der Waals surface area contributed by atoms with Crippen LogP contribution in [0.25, 0.3) is 0 Å². The van der Waals surface area contributed by atoms with E-state index in [1.165, 1.54) is 37.7 Å². The Bertz CT molecular complexity index is 581. The lowest BCUT2D eigenvalue weighted by atomic mass is 9.97. The van der Waals surface area contributed by atoms with Crippen LogP contribution in [0.1, 0.15) is 70.0 Å². The van der Waals surface area contributed by atoms with Crippen molar-refractivity contribution in [2.75, 3.05) is 32.8 Å². The van der Waals surface area contributed by atoms with E-state index < -0.39 is 0 Å². The van der Waals surface area contributed by atoms with E-state index in [1.54, 1.807) is 0 Å². The van der Waals surface area contributed by atoms with Gasteiger partial charge in [0.15, 0.2) is 0 Å². The number of benzene rings is 1.